The zero-order chi connectivity index (χ0) is 17.7. The van der Waals surface area contributed by atoms with E-state index in [9.17, 15) is 13.6 Å². The molecule has 0 radical (unpaired) electrons. The van der Waals surface area contributed by atoms with Crippen molar-refractivity contribution >= 4 is 5.91 Å². The Balaban J connectivity index is 2.84. The number of halogens is 2. The minimum absolute atomic E-state index is 0.0375. The topological polar surface area (TPSA) is 55.6 Å². The summed E-state index contributed by atoms with van der Waals surface area (Å²) in [4.78, 5) is 14.1. The van der Waals surface area contributed by atoms with Crippen molar-refractivity contribution < 1.29 is 18.3 Å². The maximum Gasteiger partial charge on any atom is 0.387 e. The molecule has 0 saturated heterocycles. The van der Waals surface area contributed by atoms with E-state index in [1.165, 1.54) is 0 Å². The first-order chi connectivity index (χ1) is 10.6. The summed E-state index contributed by atoms with van der Waals surface area (Å²) in [5.74, 6) is 0.325. The molecule has 1 aromatic carbocycles. The average molecular weight is 328 g/mol. The van der Waals surface area contributed by atoms with Gasteiger partial charge in [0.15, 0.2) is 0 Å². The Hall–Kier alpha value is -1.69. The maximum absolute atomic E-state index is 12.5. The van der Waals surface area contributed by atoms with Gasteiger partial charge in [0.1, 0.15) is 5.75 Å². The number of benzene rings is 1. The zero-order valence-electron chi connectivity index (χ0n) is 14.4. The molecule has 1 aromatic rings. The number of aryl methyl sites for hydroxylation is 2. The molecule has 23 heavy (non-hydrogen) atoms. The zero-order valence-corrected chi connectivity index (χ0v) is 14.4. The fourth-order valence-electron chi connectivity index (χ4n) is 2.35. The van der Waals surface area contributed by atoms with Gasteiger partial charge in [-0.05, 0) is 49.4 Å². The predicted molar refractivity (Wildman–Crippen MR) is 86.9 cm³/mol. The van der Waals surface area contributed by atoms with Crippen LogP contribution in [0.3, 0.4) is 0 Å². The molecule has 1 atom stereocenters. The Morgan fingerprint density at radius 2 is 1.78 bits per heavy atom. The highest BCUT2D eigenvalue weighted by Crippen LogP contribution is 2.27. The highest BCUT2D eigenvalue weighted by molar-refractivity contribution is 5.94. The molecule has 0 fully saturated rings. The van der Waals surface area contributed by atoms with E-state index in [1.54, 1.807) is 37.9 Å². The Morgan fingerprint density at radius 3 is 2.22 bits per heavy atom. The second-order valence-corrected chi connectivity index (χ2v) is 6.24. The van der Waals surface area contributed by atoms with Crippen LogP contribution >= 0.6 is 0 Å². The predicted octanol–water partition coefficient (Wildman–Crippen LogP) is 3.35. The third kappa shape index (κ3) is 5.46. The lowest BCUT2D eigenvalue weighted by Crippen LogP contribution is -2.34. The average Bonchev–Trinajstić information content (AvgIpc) is 2.46. The summed E-state index contributed by atoms with van der Waals surface area (Å²) in [7, 11) is 1.71. The number of nitrogens with two attached hydrogens (primary N) is 1. The molecule has 0 heterocycles. The summed E-state index contributed by atoms with van der Waals surface area (Å²) in [6.45, 7) is 5.05. The van der Waals surface area contributed by atoms with E-state index in [0.29, 0.717) is 35.6 Å². The van der Waals surface area contributed by atoms with Crippen molar-refractivity contribution in [2.75, 3.05) is 13.6 Å². The van der Waals surface area contributed by atoms with Gasteiger partial charge < -0.3 is 15.4 Å². The number of hydrogen-bond donors (Lipinski definition) is 1. The molecule has 0 aliphatic heterocycles. The van der Waals surface area contributed by atoms with E-state index < -0.39 is 6.61 Å². The summed E-state index contributed by atoms with van der Waals surface area (Å²) < 4.78 is 29.3. The van der Waals surface area contributed by atoms with E-state index in [-0.39, 0.29) is 17.7 Å². The Bertz CT molecular complexity index is 524. The smallest absolute Gasteiger partial charge is 0.387 e. The number of carbonyl (C=O) groups excluding carboxylic acids is 1. The Kier molecular flexibility index (Phi) is 6.94. The van der Waals surface area contributed by atoms with Crippen molar-refractivity contribution in [1.82, 2.24) is 4.90 Å². The maximum atomic E-state index is 12.5. The van der Waals surface area contributed by atoms with Crippen LogP contribution in [0.4, 0.5) is 8.78 Å². The van der Waals surface area contributed by atoms with E-state index in [0.717, 1.165) is 0 Å². The molecule has 4 nitrogen and oxygen atoms in total. The van der Waals surface area contributed by atoms with Gasteiger partial charge >= 0.3 is 6.61 Å². The number of amides is 1. The van der Waals surface area contributed by atoms with E-state index >= 15 is 0 Å². The minimum Gasteiger partial charge on any atom is -0.434 e. The standard InChI is InChI=1S/C17H26F2N2O2/c1-10(2)14(20)6-7-21(5)16(22)13-8-11(3)15(12(4)9-13)23-17(18)19/h8-10,14,17H,6-7,20H2,1-5H3. The van der Waals surface area contributed by atoms with Gasteiger partial charge in [0.05, 0.1) is 0 Å². The van der Waals surface area contributed by atoms with Crippen LogP contribution in [0.1, 0.15) is 41.8 Å². The monoisotopic (exact) mass is 328 g/mol. The summed E-state index contributed by atoms with van der Waals surface area (Å²) in [6, 6.07) is 3.19. The SMILES string of the molecule is Cc1cc(C(=O)N(C)CCC(N)C(C)C)cc(C)c1OC(F)F. The molecular formula is C17H26F2N2O2. The van der Waals surface area contributed by atoms with Crippen LogP contribution in [-0.4, -0.2) is 37.1 Å². The minimum atomic E-state index is -2.88. The number of rotatable bonds is 7. The van der Waals surface area contributed by atoms with Gasteiger partial charge in [0.2, 0.25) is 0 Å². The van der Waals surface area contributed by atoms with Crippen LogP contribution in [0.5, 0.6) is 5.75 Å². The van der Waals surface area contributed by atoms with Crippen LogP contribution in [-0.2, 0) is 0 Å². The van der Waals surface area contributed by atoms with Crippen molar-refractivity contribution in [1.29, 1.82) is 0 Å². The lowest BCUT2D eigenvalue weighted by atomic mass is 10.0. The third-order valence-electron chi connectivity index (χ3n) is 3.92. The highest BCUT2D eigenvalue weighted by atomic mass is 19.3. The molecular weight excluding hydrogens is 302 g/mol. The van der Waals surface area contributed by atoms with Crippen molar-refractivity contribution in [3.05, 3.63) is 28.8 Å². The van der Waals surface area contributed by atoms with E-state index in [4.69, 9.17) is 5.73 Å². The number of ether oxygens (including phenoxy) is 1. The Labute approximate surface area is 136 Å². The van der Waals surface area contributed by atoms with Crippen LogP contribution < -0.4 is 10.5 Å². The molecule has 1 rings (SSSR count). The summed E-state index contributed by atoms with van der Waals surface area (Å²) in [6.07, 6.45) is 0.713. The van der Waals surface area contributed by atoms with Crippen molar-refractivity contribution in [3.63, 3.8) is 0 Å². The second kappa shape index (κ2) is 8.24. The summed E-state index contributed by atoms with van der Waals surface area (Å²) in [5.41, 5.74) is 7.48. The molecule has 0 aromatic heterocycles. The molecule has 0 bridgehead atoms. The second-order valence-electron chi connectivity index (χ2n) is 6.24. The molecule has 6 heteroatoms. The molecule has 1 unspecified atom stereocenters. The third-order valence-corrected chi connectivity index (χ3v) is 3.92. The molecule has 1 amide bonds. The van der Waals surface area contributed by atoms with Crippen LogP contribution in [0.25, 0.3) is 0 Å². The molecule has 2 N–H and O–H groups in total. The van der Waals surface area contributed by atoms with Crippen molar-refractivity contribution in [3.8, 4) is 5.75 Å². The van der Waals surface area contributed by atoms with Gasteiger partial charge in [-0.1, -0.05) is 13.8 Å². The van der Waals surface area contributed by atoms with Crippen LogP contribution in [0, 0.1) is 19.8 Å². The van der Waals surface area contributed by atoms with Gasteiger partial charge in [-0.15, -0.1) is 0 Å². The van der Waals surface area contributed by atoms with Gasteiger partial charge in [-0.2, -0.15) is 8.78 Å². The van der Waals surface area contributed by atoms with Gasteiger partial charge in [-0.25, -0.2) is 0 Å². The first kappa shape index (κ1) is 19.4. The van der Waals surface area contributed by atoms with Crippen LogP contribution in [0.2, 0.25) is 0 Å². The van der Waals surface area contributed by atoms with E-state index in [2.05, 4.69) is 4.74 Å². The quantitative estimate of drug-likeness (QED) is 0.835. The normalized spacial score (nSPS) is 12.6. The van der Waals surface area contributed by atoms with Gasteiger partial charge in [-0.3, -0.25) is 4.79 Å². The number of carbonyl (C=O) groups is 1. The highest BCUT2D eigenvalue weighted by Gasteiger charge is 2.18. The number of hydrogen-bond acceptors (Lipinski definition) is 3. The van der Waals surface area contributed by atoms with Crippen LogP contribution in [0.15, 0.2) is 12.1 Å². The molecule has 0 saturated carbocycles. The van der Waals surface area contributed by atoms with Gasteiger partial charge in [0, 0.05) is 25.2 Å². The molecule has 0 aliphatic carbocycles. The lowest BCUT2D eigenvalue weighted by Gasteiger charge is -2.22. The molecule has 0 aliphatic rings. The Morgan fingerprint density at radius 1 is 1.26 bits per heavy atom. The fraction of sp³-hybridized carbons (Fsp3) is 0.588. The number of nitrogens with zero attached hydrogens (tertiary/aromatic N) is 1. The van der Waals surface area contributed by atoms with E-state index in [1.807, 2.05) is 13.8 Å². The number of alkyl halides is 2. The lowest BCUT2D eigenvalue weighted by molar-refractivity contribution is -0.0507. The molecule has 0 spiro atoms. The molecule has 130 valence electrons. The fourth-order valence-corrected chi connectivity index (χ4v) is 2.35. The van der Waals surface area contributed by atoms with Crippen molar-refractivity contribution in [2.45, 2.75) is 46.8 Å². The largest absolute Gasteiger partial charge is 0.434 e. The van der Waals surface area contributed by atoms with Gasteiger partial charge in [0.25, 0.3) is 5.91 Å². The summed E-state index contributed by atoms with van der Waals surface area (Å²) in [5, 5.41) is 0. The first-order valence-corrected chi connectivity index (χ1v) is 7.70. The summed E-state index contributed by atoms with van der Waals surface area (Å²) >= 11 is 0. The van der Waals surface area contributed by atoms with Crippen molar-refractivity contribution in [2.24, 2.45) is 11.7 Å². The first-order valence-electron chi connectivity index (χ1n) is 7.70.